The number of likely N-dealkylation sites (tertiary alicyclic amines) is 1. The van der Waals surface area contributed by atoms with Crippen molar-refractivity contribution in [3.63, 3.8) is 0 Å². The van der Waals surface area contributed by atoms with Crippen LogP contribution in [-0.2, 0) is 0 Å². The molecule has 0 saturated carbocycles. The van der Waals surface area contributed by atoms with Gasteiger partial charge in [-0.2, -0.15) is 5.10 Å². The first kappa shape index (κ1) is 18.9. The summed E-state index contributed by atoms with van der Waals surface area (Å²) >= 11 is 6.00. The fraction of sp³-hybridized carbons (Fsp3) is 0.500. The minimum Gasteiger partial charge on any atom is -0.338 e. The Kier molecular flexibility index (Phi) is 5.99. The minimum absolute atomic E-state index is 0.0923. The summed E-state index contributed by atoms with van der Waals surface area (Å²) in [5.74, 6) is 0.797. The largest absolute Gasteiger partial charge is 0.338 e. The first-order valence-corrected chi connectivity index (χ1v) is 9.66. The lowest BCUT2D eigenvalue weighted by molar-refractivity contribution is 0.0672. The number of rotatable bonds is 5. The number of nitrogens with zero attached hydrogens (tertiary/aromatic N) is 3. The Bertz CT molecular complexity index is 752. The van der Waals surface area contributed by atoms with Gasteiger partial charge in [0.15, 0.2) is 0 Å². The van der Waals surface area contributed by atoms with Crippen LogP contribution in [-0.4, -0.2) is 47.3 Å². The number of hydrogen-bond donors (Lipinski definition) is 1. The summed E-state index contributed by atoms with van der Waals surface area (Å²) < 4.78 is 1.86. The number of hydrogen-bond acceptors (Lipinski definition) is 3. The summed E-state index contributed by atoms with van der Waals surface area (Å²) in [6.07, 6.45) is 3.94. The highest BCUT2D eigenvalue weighted by Crippen LogP contribution is 2.26. The van der Waals surface area contributed by atoms with Gasteiger partial charge in [0.2, 0.25) is 0 Å². The van der Waals surface area contributed by atoms with E-state index in [0.29, 0.717) is 16.5 Å². The maximum atomic E-state index is 13.2. The topological polar surface area (TPSA) is 50.2 Å². The number of nitrogens with one attached hydrogen (secondary N) is 1. The van der Waals surface area contributed by atoms with Crippen molar-refractivity contribution >= 4 is 17.5 Å². The maximum Gasteiger partial charge on any atom is 0.257 e. The quantitative estimate of drug-likeness (QED) is 0.867. The van der Waals surface area contributed by atoms with Crippen molar-refractivity contribution in [1.82, 2.24) is 20.0 Å². The molecule has 1 aliphatic rings. The van der Waals surface area contributed by atoms with Crippen molar-refractivity contribution < 1.29 is 4.79 Å². The zero-order valence-electron chi connectivity index (χ0n) is 15.7. The van der Waals surface area contributed by atoms with Gasteiger partial charge in [0.1, 0.15) is 0 Å². The highest BCUT2D eigenvalue weighted by molar-refractivity contribution is 6.30. The van der Waals surface area contributed by atoms with Crippen molar-refractivity contribution in [3.8, 4) is 5.69 Å². The molecule has 1 N–H and O–H groups in total. The van der Waals surface area contributed by atoms with Crippen LogP contribution in [0, 0.1) is 5.92 Å². The van der Waals surface area contributed by atoms with Crippen molar-refractivity contribution in [2.24, 2.45) is 5.92 Å². The second kappa shape index (κ2) is 8.23. The predicted molar refractivity (Wildman–Crippen MR) is 105 cm³/mol. The smallest absolute Gasteiger partial charge is 0.257 e. The van der Waals surface area contributed by atoms with Gasteiger partial charge >= 0.3 is 0 Å². The summed E-state index contributed by atoms with van der Waals surface area (Å²) in [6, 6.07) is 7.55. The van der Waals surface area contributed by atoms with Crippen LogP contribution in [0.1, 0.15) is 48.7 Å². The van der Waals surface area contributed by atoms with Gasteiger partial charge in [0.25, 0.3) is 5.91 Å². The number of aromatic nitrogens is 2. The summed E-state index contributed by atoms with van der Waals surface area (Å²) in [6.45, 7) is 6.78. The number of halogens is 1. The Morgan fingerprint density at radius 3 is 2.73 bits per heavy atom. The third-order valence-electron chi connectivity index (χ3n) is 4.95. The molecular formula is C20H27ClN4O. The Morgan fingerprint density at radius 1 is 1.35 bits per heavy atom. The molecular weight excluding hydrogens is 348 g/mol. The number of carbonyl (C=O) groups excluding carboxylic acids is 1. The minimum atomic E-state index is 0.0923. The van der Waals surface area contributed by atoms with Crippen LogP contribution in [0.5, 0.6) is 0 Å². The van der Waals surface area contributed by atoms with E-state index in [9.17, 15) is 4.79 Å². The van der Waals surface area contributed by atoms with Gasteiger partial charge in [-0.1, -0.05) is 25.4 Å². The number of amides is 1. The first-order chi connectivity index (χ1) is 12.5. The molecule has 0 radical (unpaired) electrons. The van der Waals surface area contributed by atoms with Crippen LogP contribution in [0.25, 0.3) is 5.69 Å². The highest BCUT2D eigenvalue weighted by atomic mass is 35.5. The van der Waals surface area contributed by atoms with Crippen LogP contribution < -0.4 is 5.32 Å². The summed E-state index contributed by atoms with van der Waals surface area (Å²) in [4.78, 5) is 15.2. The van der Waals surface area contributed by atoms with Crippen LogP contribution in [0.2, 0.25) is 5.02 Å². The number of carbonyl (C=O) groups is 1. The molecule has 1 aromatic heterocycles. The molecule has 1 fully saturated rings. The third kappa shape index (κ3) is 3.94. The van der Waals surface area contributed by atoms with E-state index in [-0.39, 0.29) is 11.8 Å². The van der Waals surface area contributed by atoms with E-state index >= 15 is 0 Å². The number of piperidine rings is 1. The molecule has 1 aliphatic heterocycles. The van der Waals surface area contributed by atoms with Crippen molar-refractivity contribution in [2.75, 3.05) is 26.7 Å². The molecule has 2 heterocycles. The molecule has 5 nitrogen and oxygen atoms in total. The lowest BCUT2D eigenvalue weighted by Gasteiger charge is -2.33. The van der Waals surface area contributed by atoms with E-state index in [1.807, 2.05) is 40.9 Å². The van der Waals surface area contributed by atoms with E-state index in [1.54, 1.807) is 6.20 Å². The average molecular weight is 375 g/mol. The second-order valence-electron chi connectivity index (χ2n) is 7.30. The van der Waals surface area contributed by atoms with E-state index in [1.165, 1.54) is 6.42 Å². The molecule has 1 amide bonds. The lowest BCUT2D eigenvalue weighted by Crippen LogP contribution is -2.42. The second-order valence-corrected chi connectivity index (χ2v) is 7.74. The maximum absolute atomic E-state index is 13.2. The third-order valence-corrected chi connectivity index (χ3v) is 5.21. The average Bonchev–Trinajstić information content (AvgIpc) is 3.07. The summed E-state index contributed by atoms with van der Waals surface area (Å²) in [7, 11) is 1.97. The summed E-state index contributed by atoms with van der Waals surface area (Å²) in [5, 5.41) is 8.44. The standard InChI is InChI=1S/C20H27ClN4O/c1-14(2)19-18(12-23-25(19)17-8-6-16(21)7-9-17)20(26)24-10-4-5-15(13-24)11-22-3/h6-9,12,14-15,22H,4-5,10-11,13H2,1-3H3/t15-/m1/s1. The van der Waals surface area contributed by atoms with Crippen LogP contribution in [0.4, 0.5) is 0 Å². The molecule has 140 valence electrons. The van der Waals surface area contributed by atoms with Crippen LogP contribution >= 0.6 is 11.6 Å². The molecule has 1 aromatic carbocycles. The zero-order chi connectivity index (χ0) is 18.7. The fourth-order valence-corrected chi connectivity index (χ4v) is 3.87. The van der Waals surface area contributed by atoms with Crippen molar-refractivity contribution in [2.45, 2.75) is 32.6 Å². The molecule has 0 bridgehead atoms. The van der Waals surface area contributed by atoms with Gasteiger partial charge in [-0.05, 0) is 62.5 Å². The van der Waals surface area contributed by atoms with Gasteiger partial charge in [-0.3, -0.25) is 4.79 Å². The lowest BCUT2D eigenvalue weighted by atomic mass is 9.96. The molecule has 0 unspecified atom stereocenters. The SMILES string of the molecule is CNC[C@H]1CCCN(C(=O)c2cnn(-c3ccc(Cl)cc3)c2C(C)C)C1. The molecule has 1 saturated heterocycles. The molecule has 0 aliphatic carbocycles. The molecule has 1 atom stereocenters. The van der Waals surface area contributed by atoms with E-state index < -0.39 is 0 Å². The van der Waals surface area contributed by atoms with Gasteiger partial charge in [0.05, 0.1) is 23.1 Å². The van der Waals surface area contributed by atoms with Crippen LogP contribution in [0.15, 0.2) is 30.5 Å². The zero-order valence-corrected chi connectivity index (χ0v) is 16.5. The monoisotopic (exact) mass is 374 g/mol. The fourth-order valence-electron chi connectivity index (χ4n) is 3.74. The van der Waals surface area contributed by atoms with E-state index in [0.717, 1.165) is 37.4 Å². The van der Waals surface area contributed by atoms with E-state index in [2.05, 4.69) is 24.3 Å². The Hall–Kier alpha value is -1.85. The van der Waals surface area contributed by atoms with Crippen molar-refractivity contribution in [1.29, 1.82) is 0 Å². The Morgan fingerprint density at radius 2 is 2.08 bits per heavy atom. The molecule has 2 aromatic rings. The van der Waals surface area contributed by atoms with Gasteiger partial charge in [0, 0.05) is 18.1 Å². The molecule has 3 rings (SSSR count). The highest BCUT2D eigenvalue weighted by Gasteiger charge is 2.28. The molecule has 26 heavy (non-hydrogen) atoms. The van der Waals surface area contributed by atoms with Gasteiger partial charge < -0.3 is 10.2 Å². The van der Waals surface area contributed by atoms with Gasteiger partial charge in [-0.15, -0.1) is 0 Å². The Balaban J connectivity index is 1.90. The van der Waals surface area contributed by atoms with E-state index in [4.69, 9.17) is 11.6 Å². The normalized spacial score (nSPS) is 17.7. The summed E-state index contributed by atoms with van der Waals surface area (Å²) in [5.41, 5.74) is 2.58. The Labute approximate surface area is 160 Å². The molecule has 6 heteroatoms. The van der Waals surface area contributed by atoms with Gasteiger partial charge in [-0.25, -0.2) is 4.68 Å². The molecule has 0 spiro atoms. The van der Waals surface area contributed by atoms with Crippen LogP contribution in [0.3, 0.4) is 0 Å². The predicted octanol–water partition coefficient (Wildman–Crippen LogP) is 3.72. The van der Waals surface area contributed by atoms with Crippen molar-refractivity contribution in [3.05, 3.63) is 46.7 Å². The first-order valence-electron chi connectivity index (χ1n) is 9.29. The number of benzene rings is 1.